The lowest BCUT2D eigenvalue weighted by Crippen LogP contribution is -2.39. The topological polar surface area (TPSA) is 102 Å². The number of carbonyl (C=O) groups is 3. The molecule has 0 bridgehead atoms. The highest BCUT2D eigenvalue weighted by Crippen LogP contribution is 2.28. The number of benzene rings is 1. The summed E-state index contributed by atoms with van der Waals surface area (Å²) in [5.41, 5.74) is 1.97. The number of rotatable bonds is 7. The molecule has 0 radical (unpaired) electrons. The summed E-state index contributed by atoms with van der Waals surface area (Å²) in [6.07, 6.45) is -0.0929. The highest BCUT2D eigenvalue weighted by Gasteiger charge is 2.29. The number of hydrogen-bond acceptors (Lipinski definition) is 7. The Balaban J connectivity index is 1.41. The first-order valence-electron chi connectivity index (χ1n) is 8.83. The zero-order valence-corrected chi connectivity index (χ0v) is 16.5. The Morgan fingerprint density at radius 3 is 2.86 bits per heavy atom. The van der Waals surface area contributed by atoms with Gasteiger partial charge in [0, 0.05) is 18.3 Å². The molecule has 0 spiro atoms. The molecular weight excluding hydrogens is 382 g/mol. The number of aromatic nitrogens is 1. The highest BCUT2D eigenvalue weighted by molar-refractivity contribution is 8.00. The van der Waals surface area contributed by atoms with Crippen molar-refractivity contribution in [1.29, 1.82) is 0 Å². The van der Waals surface area contributed by atoms with Crippen molar-refractivity contribution in [1.82, 2.24) is 5.16 Å². The number of para-hydroxylation sites is 1. The molecule has 0 saturated carbocycles. The van der Waals surface area contributed by atoms with Crippen molar-refractivity contribution in [2.24, 2.45) is 0 Å². The number of nitrogens with zero attached hydrogens (tertiary/aromatic N) is 2. The molecule has 2 aromatic rings. The van der Waals surface area contributed by atoms with E-state index in [1.807, 2.05) is 24.3 Å². The van der Waals surface area contributed by atoms with Gasteiger partial charge in [-0.3, -0.25) is 14.4 Å². The van der Waals surface area contributed by atoms with Crippen LogP contribution in [0.2, 0.25) is 0 Å². The summed E-state index contributed by atoms with van der Waals surface area (Å²) in [6, 6.07) is 9.29. The van der Waals surface area contributed by atoms with E-state index in [1.54, 1.807) is 24.8 Å². The molecule has 1 aliphatic heterocycles. The predicted molar refractivity (Wildman–Crippen MR) is 105 cm³/mol. The van der Waals surface area contributed by atoms with Crippen molar-refractivity contribution in [2.45, 2.75) is 26.4 Å². The molecule has 1 aromatic carbocycles. The molecule has 9 heteroatoms. The average molecular weight is 403 g/mol. The van der Waals surface area contributed by atoms with Crippen molar-refractivity contribution in [3.63, 3.8) is 0 Å². The number of anilines is 2. The molecular formula is C19H21N3O5S. The molecule has 0 aliphatic carbocycles. The first-order valence-corrected chi connectivity index (χ1v) is 9.99. The van der Waals surface area contributed by atoms with Crippen LogP contribution in [-0.4, -0.2) is 47.1 Å². The fourth-order valence-electron chi connectivity index (χ4n) is 2.90. The lowest BCUT2D eigenvalue weighted by atomic mass is 10.2. The number of nitrogens with one attached hydrogen (secondary N) is 1. The van der Waals surface area contributed by atoms with E-state index < -0.39 is 12.1 Å². The van der Waals surface area contributed by atoms with Gasteiger partial charge in [-0.1, -0.05) is 23.4 Å². The molecule has 8 nitrogen and oxygen atoms in total. The van der Waals surface area contributed by atoms with Crippen molar-refractivity contribution < 1.29 is 23.6 Å². The van der Waals surface area contributed by atoms with E-state index in [0.717, 1.165) is 29.4 Å². The molecule has 1 aromatic heterocycles. The third-order valence-electron chi connectivity index (χ3n) is 4.16. The molecule has 1 N–H and O–H groups in total. The largest absolute Gasteiger partial charge is 0.452 e. The standard InChI is InChI=1S/C19H21N3O5S/c1-12-9-16(21-27-12)20-17(23)10-28-11-18(24)26-13(2)19(25)22-8-7-14-5-3-4-6-15(14)22/h3-6,9,13H,7-8,10-11H2,1-2H3,(H,20,21,23)/t13-/m1/s1. The summed E-state index contributed by atoms with van der Waals surface area (Å²) in [5.74, 6) is -0.140. The van der Waals surface area contributed by atoms with Gasteiger partial charge in [0.05, 0.1) is 11.5 Å². The lowest BCUT2D eigenvalue weighted by Gasteiger charge is -2.21. The summed E-state index contributed by atoms with van der Waals surface area (Å²) >= 11 is 1.10. The monoisotopic (exact) mass is 403 g/mol. The zero-order chi connectivity index (χ0) is 20.1. The molecule has 1 aliphatic rings. The molecule has 0 fully saturated rings. The van der Waals surface area contributed by atoms with Crippen molar-refractivity contribution in [2.75, 3.05) is 28.3 Å². The number of fused-ring (bicyclic) bond motifs is 1. The first kappa shape index (κ1) is 19.9. The molecule has 2 amide bonds. The number of ether oxygens (including phenoxy) is 1. The van der Waals surface area contributed by atoms with Crippen LogP contribution in [0.5, 0.6) is 0 Å². The number of hydrogen-bond donors (Lipinski definition) is 1. The molecule has 28 heavy (non-hydrogen) atoms. The maximum atomic E-state index is 12.6. The fourth-order valence-corrected chi connectivity index (χ4v) is 3.49. The van der Waals surface area contributed by atoms with Gasteiger partial charge in [0.2, 0.25) is 5.91 Å². The van der Waals surface area contributed by atoms with E-state index in [9.17, 15) is 14.4 Å². The highest BCUT2D eigenvalue weighted by atomic mass is 32.2. The van der Waals surface area contributed by atoms with E-state index in [2.05, 4.69) is 10.5 Å². The number of carbonyl (C=O) groups excluding carboxylic acids is 3. The van der Waals surface area contributed by atoms with Gasteiger partial charge in [-0.25, -0.2) is 0 Å². The fraction of sp³-hybridized carbons (Fsp3) is 0.368. The Labute approximate surface area is 166 Å². The van der Waals surface area contributed by atoms with Crippen LogP contribution in [0.15, 0.2) is 34.9 Å². The minimum absolute atomic E-state index is 0.0283. The van der Waals surface area contributed by atoms with Crippen LogP contribution in [0.3, 0.4) is 0 Å². The predicted octanol–water partition coefficient (Wildman–Crippen LogP) is 2.18. The van der Waals surface area contributed by atoms with E-state index in [-0.39, 0.29) is 23.3 Å². The second-order valence-corrected chi connectivity index (χ2v) is 7.35. The Morgan fingerprint density at radius 1 is 1.32 bits per heavy atom. The Bertz CT molecular complexity index is 882. The minimum Gasteiger partial charge on any atom is -0.452 e. The molecule has 3 rings (SSSR count). The maximum absolute atomic E-state index is 12.6. The third kappa shape index (κ3) is 4.92. The summed E-state index contributed by atoms with van der Waals surface area (Å²) in [6.45, 7) is 3.86. The van der Waals surface area contributed by atoms with Crippen LogP contribution < -0.4 is 10.2 Å². The lowest BCUT2D eigenvalue weighted by molar-refractivity contribution is -0.151. The quantitative estimate of drug-likeness (QED) is 0.707. The van der Waals surface area contributed by atoms with Gasteiger partial charge in [0.1, 0.15) is 5.76 Å². The molecule has 1 atom stereocenters. The molecule has 2 heterocycles. The van der Waals surface area contributed by atoms with E-state index in [0.29, 0.717) is 18.1 Å². The molecule has 0 unspecified atom stereocenters. The second kappa shape index (κ2) is 8.92. The SMILES string of the molecule is Cc1cc(NC(=O)CSCC(=O)O[C@H](C)C(=O)N2CCc3ccccc32)no1. The van der Waals surface area contributed by atoms with Gasteiger partial charge in [0.25, 0.3) is 5.91 Å². The van der Waals surface area contributed by atoms with Gasteiger partial charge in [0.15, 0.2) is 11.9 Å². The van der Waals surface area contributed by atoms with Crippen molar-refractivity contribution in [3.05, 3.63) is 41.7 Å². The van der Waals surface area contributed by atoms with Gasteiger partial charge >= 0.3 is 5.97 Å². The second-order valence-electron chi connectivity index (χ2n) is 6.36. The van der Waals surface area contributed by atoms with Crippen LogP contribution in [0.4, 0.5) is 11.5 Å². The van der Waals surface area contributed by atoms with Crippen LogP contribution in [0, 0.1) is 6.92 Å². The van der Waals surface area contributed by atoms with Crippen LogP contribution >= 0.6 is 11.8 Å². The number of amides is 2. The normalized spacial score (nSPS) is 13.7. The van der Waals surface area contributed by atoms with Gasteiger partial charge in [-0.15, -0.1) is 11.8 Å². The van der Waals surface area contributed by atoms with E-state index in [1.165, 1.54) is 0 Å². The van der Waals surface area contributed by atoms with Gasteiger partial charge in [-0.2, -0.15) is 0 Å². The third-order valence-corrected chi connectivity index (χ3v) is 5.06. The first-order chi connectivity index (χ1) is 13.4. The van der Waals surface area contributed by atoms with Gasteiger partial charge in [-0.05, 0) is 31.9 Å². The Hall–Kier alpha value is -2.81. The van der Waals surface area contributed by atoms with Gasteiger partial charge < -0.3 is 19.5 Å². The summed E-state index contributed by atoms with van der Waals surface area (Å²) in [7, 11) is 0. The molecule has 0 saturated heterocycles. The van der Waals surface area contributed by atoms with Crippen molar-refractivity contribution >= 4 is 41.1 Å². The van der Waals surface area contributed by atoms with Crippen LogP contribution in [-0.2, 0) is 25.5 Å². The minimum atomic E-state index is -0.883. The maximum Gasteiger partial charge on any atom is 0.316 e. The summed E-state index contributed by atoms with van der Waals surface area (Å²) in [4.78, 5) is 38.0. The number of esters is 1. The van der Waals surface area contributed by atoms with Crippen LogP contribution in [0.25, 0.3) is 0 Å². The molecule has 148 valence electrons. The summed E-state index contributed by atoms with van der Waals surface area (Å²) in [5, 5.41) is 6.23. The Kier molecular flexibility index (Phi) is 6.35. The smallest absolute Gasteiger partial charge is 0.316 e. The van der Waals surface area contributed by atoms with Crippen LogP contribution in [0.1, 0.15) is 18.2 Å². The van der Waals surface area contributed by atoms with E-state index in [4.69, 9.17) is 9.26 Å². The zero-order valence-electron chi connectivity index (χ0n) is 15.6. The Morgan fingerprint density at radius 2 is 2.11 bits per heavy atom. The summed E-state index contributed by atoms with van der Waals surface area (Å²) < 4.78 is 10.1. The average Bonchev–Trinajstić information content (AvgIpc) is 3.27. The number of thioether (sulfide) groups is 1. The van der Waals surface area contributed by atoms with E-state index >= 15 is 0 Å². The number of aryl methyl sites for hydroxylation is 1. The van der Waals surface area contributed by atoms with Crippen molar-refractivity contribution in [3.8, 4) is 0 Å².